The standard InChI is InChI=1S/C18H16F3N3O3S/c1-24(28(26,27)12-14-5-3-2-4-13(14)10-22)11-17(25)23-16-8-6-15(7-9-16)18(19,20)21/h2-9H,11-12H2,1H3,(H,23,25). The second-order valence-electron chi connectivity index (χ2n) is 5.90. The van der Waals surface area contributed by atoms with Crippen LogP contribution in [0.5, 0.6) is 0 Å². The smallest absolute Gasteiger partial charge is 0.325 e. The minimum atomic E-state index is -4.49. The van der Waals surface area contributed by atoms with Crippen LogP contribution in [-0.2, 0) is 26.7 Å². The zero-order chi connectivity index (χ0) is 20.9. The van der Waals surface area contributed by atoms with E-state index in [1.165, 1.54) is 19.2 Å². The quantitative estimate of drug-likeness (QED) is 0.791. The van der Waals surface area contributed by atoms with Crippen LogP contribution in [0.2, 0.25) is 0 Å². The number of hydrogen-bond donors (Lipinski definition) is 1. The summed E-state index contributed by atoms with van der Waals surface area (Å²) >= 11 is 0. The molecule has 0 aliphatic carbocycles. The van der Waals surface area contributed by atoms with Crippen molar-refractivity contribution in [3.8, 4) is 6.07 Å². The average molecular weight is 411 g/mol. The molecular formula is C18H16F3N3O3S. The maximum Gasteiger partial charge on any atom is 0.416 e. The van der Waals surface area contributed by atoms with E-state index >= 15 is 0 Å². The molecule has 0 radical (unpaired) electrons. The van der Waals surface area contributed by atoms with E-state index in [4.69, 9.17) is 5.26 Å². The molecule has 0 fully saturated rings. The fourth-order valence-electron chi connectivity index (χ4n) is 2.31. The van der Waals surface area contributed by atoms with Gasteiger partial charge in [0.15, 0.2) is 0 Å². The van der Waals surface area contributed by atoms with Crippen molar-refractivity contribution in [3.63, 3.8) is 0 Å². The van der Waals surface area contributed by atoms with Crippen LogP contribution in [0.25, 0.3) is 0 Å². The lowest BCUT2D eigenvalue weighted by atomic mass is 10.1. The van der Waals surface area contributed by atoms with E-state index in [2.05, 4.69) is 5.32 Å². The van der Waals surface area contributed by atoms with Crippen LogP contribution in [0, 0.1) is 11.3 Å². The van der Waals surface area contributed by atoms with Gasteiger partial charge in [-0.25, -0.2) is 8.42 Å². The average Bonchev–Trinajstić information content (AvgIpc) is 2.61. The van der Waals surface area contributed by atoms with Crippen molar-refractivity contribution in [2.45, 2.75) is 11.9 Å². The van der Waals surface area contributed by atoms with Crippen molar-refractivity contribution in [2.75, 3.05) is 18.9 Å². The van der Waals surface area contributed by atoms with E-state index in [0.29, 0.717) is 5.56 Å². The maximum absolute atomic E-state index is 12.5. The number of nitrogens with one attached hydrogen (secondary N) is 1. The van der Waals surface area contributed by atoms with Gasteiger partial charge in [0, 0.05) is 12.7 Å². The molecule has 0 heterocycles. The molecule has 0 aliphatic heterocycles. The van der Waals surface area contributed by atoms with Gasteiger partial charge in [-0.2, -0.15) is 22.7 Å². The Morgan fingerprint density at radius 1 is 1.14 bits per heavy atom. The summed E-state index contributed by atoms with van der Waals surface area (Å²) in [6.45, 7) is -0.530. The molecule has 1 amide bonds. The largest absolute Gasteiger partial charge is 0.416 e. The van der Waals surface area contributed by atoms with Gasteiger partial charge in [0.1, 0.15) is 0 Å². The summed E-state index contributed by atoms with van der Waals surface area (Å²) in [5.41, 5.74) is -0.228. The van der Waals surface area contributed by atoms with Crippen LogP contribution in [0.15, 0.2) is 48.5 Å². The summed E-state index contributed by atoms with van der Waals surface area (Å²) in [4.78, 5) is 12.0. The molecular weight excluding hydrogens is 395 g/mol. The van der Waals surface area contributed by atoms with E-state index in [9.17, 15) is 26.4 Å². The van der Waals surface area contributed by atoms with Crippen molar-refractivity contribution in [1.82, 2.24) is 4.31 Å². The summed E-state index contributed by atoms with van der Waals surface area (Å²) in [5.74, 6) is -1.17. The van der Waals surface area contributed by atoms with E-state index in [-0.39, 0.29) is 11.3 Å². The molecule has 0 bridgehead atoms. The monoisotopic (exact) mass is 411 g/mol. The number of sulfonamides is 1. The number of halogens is 3. The first-order valence-electron chi connectivity index (χ1n) is 7.92. The number of carbonyl (C=O) groups excluding carboxylic acids is 1. The number of rotatable bonds is 6. The van der Waals surface area contributed by atoms with E-state index in [1.807, 2.05) is 6.07 Å². The topological polar surface area (TPSA) is 90.3 Å². The molecule has 2 aromatic rings. The second kappa shape index (κ2) is 8.41. The highest BCUT2D eigenvalue weighted by molar-refractivity contribution is 7.88. The first-order valence-corrected chi connectivity index (χ1v) is 9.53. The lowest BCUT2D eigenvalue weighted by molar-refractivity contribution is -0.137. The van der Waals surface area contributed by atoms with Crippen LogP contribution in [0.1, 0.15) is 16.7 Å². The minimum Gasteiger partial charge on any atom is -0.325 e. The molecule has 0 aromatic heterocycles. The molecule has 0 atom stereocenters. The van der Waals surface area contributed by atoms with Gasteiger partial charge in [-0.05, 0) is 35.9 Å². The number of anilines is 1. The number of amides is 1. The van der Waals surface area contributed by atoms with Gasteiger partial charge in [0.05, 0.1) is 29.5 Å². The Morgan fingerprint density at radius 3 is 2.32 bits per heavy atom. The number of nitrogens with zero attached hydrogens (tertiary/aromatic N) is 2. The Bertz CT molecular complexity index is 997. The van der Waals surface area contributed by atoms with Crippen LogP contribution >= 0.6 is 0 Å². The fraction of sp³-hybridized carbons (Fsp3) is 0.222. The predicted molar refractivity (Wildman–Crippen MR) is 96.5 cm³/mol. The third-order valence-corrected chi connectivity index (χ3v) is 5.57. The molecule has 0 spiro atoms. The summed E-state index contributed by atoms with van der Waals surface area (Å²) in [6, 6.07) is 11.9. The van der Waals surface area contributed by atoms with E-state index in [1.54, 1.807) is 12.1 Å². The normalized spacial score (nSPS) is 11.9. The molecule has 6 nitrogen and oxygen atoms in total. The van der Waals surface area contributed by atoms with Crippen LogP contribution in [-0.4, -0.2) is 32.2 Å². The van der Waals surface area contributed by atoms with Gasteiger partial charge in [0.25, 0.3) is 0 Å². The Balaban J connectivity index is 2.02. The summed E-state index contributed by atoms with van der Waals surface area (Å²) in [6.07, 6.45) is -4.49. The van der Waals surface area contributed by atoms with Crippen molar-refractivity contribution in [3.05, 3.63) is 65.2 Å². The Kier molecular flexibility index (Phi) is 6.43. The highest BCUT2D eigenvalue weighted by Gasteiger charge is 2.30. The molecule has 28 heavy (non-hydrogen) atoms. The number of nitriles is 1. The first kappa shape index (κ1) is 21.4. The van der Waals surface area contributed by atoms with Crippen molar-refractivity contribution in [2.24, 2.45) is 0 Å². The highest BCUT2D eigenvalue weighted by Crippen LogP contribution is 2.29. The molecule has 10 heteroatoms. The molecule has 2 aromatic carbocycles. The Morgan fingerprint density at radius 2 is 1.75 bits per heavy atom. The lowest BCUT2D eigenvalue weighted by Crippen LogP contribution is -2.35. The SMILES string of the molecule is CN(CC(=O)Nc1ccc(C(F)(F)F)cc1)S(=O)(=O)Cc1ccccc1C#N. The maximum atomic E-state index is 12.5. The highest BCUT2D eigenvalue weighted by atomic mass is 32.2. The van der Waals surface area contributed by atoms with E-state index < -0.39 is 40.0 Å². The molecule has 0 saturated heterocycles. The van der Waals surface area contributed by atoms with Gasteiger partial charge in [-0.15, -0.1) is 0 Å². The van der Waals surface area contributed by atoms with Gasteiger partial charge < -0.3 is 5.32 Å². The third kappa shape index (κ3) is 5.55. The molecule has 148 valence electrons. The zero-order valence-corrected chi connectivity index (χ0v) is 15.5. The molecule has 0 aliphatic rings. The van der Waals surface area contributed by atoms with E-state index in [0.717, 1.165) is 28.6 Å². The predicted octanol–water partition coefficient (Wildman–Crippen LogP) is 2.98. The Labute approximate surface area is 160 Å². The number of hydrogen-bond acceptors (Lipinski definition) is 4. The van der Waals surface area contributed by atoms with Crippen molar-refractivity contribution in [1.29, 1.82) is 5.26 Å². The number of carbonyl (C=O) groups is 1. The van der Waals surface area contributed by atoms with Crippen LogP contribution in [0.4, 0.5) is 18.9 Å². The number of likely N-dealkylation sites (N-methyl/N-ethyl adjacent to an activating group) is 1. The summed E-state index contributed by atoms with van der Waals surface area (Å²) < 4.78 is 63.3. The van der Waals surface area contributed by atoms with Gasteiger partial charge in [-0.1, -0.05) is 18.2 Å². The van der Waals surface area contributed by atoms with Crippen LogP contribution < -0.4 is 5.32 Å². The van der Waals surface area contributed by atoms with Gasteiger partial charge in [-0.3, -0.25) is 4.79 Å². The first-order chi connectivity index (χ1) is 13.0. The molecule has 2 rings (SSSR count). The number of alkyl halides is 3. The lowest BCUT2D eigenvalue weighted by Gasteiger charge is -2.17. The zero-order valence-electron chi connectivity index (χ0n) is 14.7. The third-order valence-electron chi connectivity index (χ3n) is 3.81. The second-order valence-corrected chi connectivity index (χ2v) is 7.98. The number of benzene rings is 2. The molecule has 1 N–H and O–H groups in total. The van der Waals surface area contributed by atoms with Gasteiger partial charge >= 0.3 is 6.18 Å². The molecule has 0 saturated carbocycles. The minimum absolute atomic E-state index is 0.110. The van der Waals surface area contributed by atoms with Crippen LogP contribution in [0.3, 0.4) is 0 Å². The fourth-order valence-corrected chi connectivity index (χ4v) is 3.48. The van der Waals surface area contributed by atoms with Gasteiger partial charge in [0.2, 0.25) is 15.9 Å². The summed E-state index contributed by atoms with van der Waals surface area (Å²) in [5, 5.41) is 11.4. The van der Waals surface area contributed by atoms with Crippen molar-refractivity contribution >= 4 is 21.6 Å². The van der Waals surface area contributed by atoms with Crippen molar-refractivity contribution < 1.29 is 26.4 Å². The molecule has 0 unspecified atom stereocenters. The summed E-state index contributed by atoms with van der Waals surface area (Å²) in [7, 11) is -2.68. The Hall–Kier alpha value is -2.90.